The quantitative estimate of drug-likeness (QED) is 0.528. The molecule has 176 valence electrons. The summed E-state index contributed by atoms with van der Waals surface area (Å²) in [5, 5.41) is 7.94. The predicted octanol–water partition coefficient (Wildman–Crippen LogP) is 1.21. The summed E-state index contributed by atoms with van der Waals surface area (Å²) in [6.45, 7) is 12.5. The van der Waals surface area contributed by atoms with Crippen molar-refractivity contribution in [2.75, 3.05) is 69.2 Å². The highest BCUT2D eigenvalue weighted by Gasteiger charge is 2.43. The number of carbonyl (C=O) groups is 1. The van der Waals surface area contributed by atoms with Crippen LogP contribution in [0, 0.1) is 17.2 Å². The molecule has 0 aliphatic carbocycles. The van der Waals surface area contributed by atoms with E-state index in [0.717, 1.165) is 51.5 Å². The van der Waals surface area contributed by atoms with Gasteiger partial charge >= 0.3 is 6.09 Å². The Bertz CT molecular complexity index is 856. The number of amidine groups is 1. The van der Waals surface area contributed by atoms with Gasteiger partial charge < -0.3 is 30.1 Å². The number of ether oxygens (including phenoxy) is 1. The van der Waals surface area contributed by atoms with Crippen molar-refractivity contribution in [3.05, 3.63) is 11.8 Å². The molecule has 3 aliphatic heterocycles. The lowest BCUT2D eigenvalue weighted by Gasteiger charge is -2.27. The van der Waals surface area contributed by atoms with Crippen LogP contribution in [-0.4, -0.2) is 96.7 Å². The minimum atomic E-state index is -0.483. The molecule has 2 atom stereocenters. The molecule has 1 amide bonds. The number of hydrogen-bond acceptors (Lipinski definition) is 8. The number of fused-ring (bicyclic) bond motifs is 1. The third-order valence-electron chi connectivity index (χ3n) is 6.44. The number of nitrogens with one attached hydrogen (secondary N) is 1. The topological polar surface area (TPSA) is 115 Å². The van der Waals surface area contributed by atoms with E-state index in [2.05, 4.69) is 26.7 Å². The lowest BCUT2D eigenvalue weighted by molar-refractivity contribution is 0.0282. The fourth-order valence-electron chi connectivity index (χ4n) is 4.77. The highest BCUT2D eigenvalue weighted by Crippen LogP contribution is 2.34. The number of likely N-dealkylation sites (N-methyl/N-ethyl adjacent to an activating group) is 1. The number of anilines is 2. The number of aromatic nitrogens is 2. The normalized spacial score (nSPS) is 24.4. The molecule has 1 aromatic heterocycles. The van der Waals surface area contributed by atoms with E-state index in [1.807, 2.05) is 31.7 Å². The maximum absolute atomic E-state index is 12.5. The molecule has 0 aromatic carbocycles. The lowest BCUT2D eigenvalue weighted by Crippen LogP contribution is -2.37. The molecule has 4 rings (SSSR count). The van der Waals surface area contributed by atoms with Gasteiger partial charge in [-0.25, -0.2) is 9.78 Å². The summed E-state index contributed by atoms with van der Waals surface area (Å²) in [6, 6.07) is 1.82. The van der Waals surface area contributed by atoms with Crippen molar-refractivity contribution in [2.45, 2.75) is 32.8 Å². The molecule has 10 nitrogen and oxygen atoms in total. The summed E-state index contributed by atoms with van der Waals surface area (Å²) in [5.41, 5.74) is 5.80. The summed E-state index contributed by atoms with van der Waals surface area (Å²) < 4.78 is 5.55. The molecule has 0 saturated carbocycles. The third-order valence-corrected chi connectivity index (χ3v) is 6.44. The predicted molar refractivity (Wildman–Crippen MR) is 124 cm³/mol. The fraction of sp³-hybridized carbons (Fsp3) is 0.727. The SMILES string of the molecule is CN1CCCN(c2nc(C(=N)N)cc(N3CC4CN(C(=O)OC(C)(C)C)CC4C3)n2)CC1. The van der Waals surface area contributed by atoms with Crippen LogP contribution < -0.4 is 15.5 Å². The zero-order chi connectivity index (χ0) is 23.0. The van der Waals surface area contributed by atoms with E-state index < -0.39 is 5.60 Å². The van der Waals surface area contributed by atoms with E-state index in [-0.39, 0.29) is 11.9 Å². The first-order valence-electron chi connectivity index (χ1n) is 11.5. The molecule has 0 spiro atoms. The van der Waals surface area contributed by atoms with E-state index in [1.165, 1.54) is 0 Å². The number of nitrogens with two attached hydrogens (primary N) is 1. The molecule has 0 bridgehead atoms. The minimum absolute atomic E-state index is 0.0441. The number of rotatable bonds is 3. The molecule has 2 unspecified atom stereocenters. The van der Waals surface area contributed by atoms with Gasteiger partial charge in [0.15, 0.2) is 0 Å². The molecule has 3 N–H and O–H groups in total. The van der Waals surface area contributed by atoms with Crippen molar-refractivity contribution in [3.8, 4) is 0 Å². The molecular weight excluding hydrogens is 408 g/mol. The van der Waals surface area contributed by atoms with E-state index >= 15 is 0 Å². The Morgan fingerprint density at radius 3 is 2.38 bits per heavy atom. The first kappa shape index (κ1) is 22.6. The Morgan fingerprint density at radius 1 is 1.06 bits per heavy atom. The standard InChI is InChI=1S/C22H36N8O2/c1-22(2,3)32-21(31)30-13-15-11-29(12-16(15)14-30)18-10-17(19(23)24)25-20(26-18)28-7-5-6-27(4)8-9-28/h10,15-16H,5-9,11-14H2,1-4H3,(H3,23,24). The maximum atomic E-state index is 12.5. The molecular formula is C22H36N8O2. The van der Waals surface area contributed by atoms with Gasteiger partial charge in [0.2, 0.25) is 5.95 Å². The van der Waals surface area contributed by atoms with E-state index in [9.17, 15) is 4.79 Å². The zero-order valence-electron chi connectivity index (χ0n) is 19.7. The van der Waals surface area contributed by atoms with Crippen LogP contribution in [0.3, 0.4) is 0 Å². The smallest absolute Gasteiger partial charge is 0.410 e. The average Bonchev–Trinajstić information content (AvgIpc) is 3.21. The number of nitrogens with zero attached hydrogens (tertiary/aromatic N) is 6. The highest BCUT2D eigenvalue weighted by molar-refractivity contribution is 5.94. The van der Waals surface area contributed by atoms with Gasteiger partial charge in [-0.3, -0.25) is 5.41 Å². The lowest BCUT2D eigenvalue weighted by atomic mass is 10.0. The Balaban J connectivity index is 1.47. The summed E-state index contributed by atoms with van der Waals surface area (Å²) in [4.78, 5) is 30.5. The van der Waals surface area contributed by atoms with Gasteiger partial charge in [-0.05, 0) is 40.8 Å². The van der Waals surface area contributed by atoms with Crippen molar-refractivity contribution >= 4 is 23.7 Å². The highest BCUT2D eigenvalue weighted by atomic mass is 16.6. The van der Waals surface area contributed by atoms with Crippen molar-refractivity contribution in [1.29, 1.82) is 5.41 Å². The largest absolute Gasteiger partial charge is 0.444 e. The number of hydrogen-bond donors (Lipinski definition) is 2. The second-order valence-corrected chi connectivity index (χ2v) is 10.3. The molecule has 3 saturated heterocycles. The van der Waals surface area contributed by atoms with Gasteiger partial charge in [0.05, 0.1) is 0 Å². The van der Waals surface area contributed by atoms with E-state index in [4.69, 9.17) is 20.9 Å². The van der Waals surface area contributed by atoms with Crippen molar-refractivity contribution < 1.29 is 9.53 Å². The molecule has 3 aliphatic rings. The minimum Gasteiger partial charge on any atom is -0.444 e. The summed E-state index contributed by atoms with van der Waals surface area (Å²) in [7, 11) is 2.13. The number of carbonyl (C=O) groups excluding carboxylic acids is 1. The Kier molecular flexibility index (Phi) is 6.15. The Hall–Kier alpha value is -2.62. The third kappa shape index (κ3) is 5.06. The van der Waals surface area contributed by atoms with Crippen LogP contribution in [0.25, 0.3) is 0 Å². The number of likely N-dealkylation sites (tertiary alicyclic amines) is 1. The fourth-order valence-corrected chi connectivity index (χ4v) is 4.77. The van der Waals surface area contributed by atoms with Gasteiger partial charge in [0.1, 0.15) is 22.9 Å². The molecule has 10 heteroatoms. The first-order chi connectivity index (χ1) is 15.1. The number of nitrogen functional groups attached to an aromatic ring is 1. The Labute approximate surface area is 190 Å². The van der Waals surface area contributed by atoms with Gasteiger partial charge in [-0.15, -0.1) is 0 Å². The summed E-state index contributed by atoms with van der Waals surface area (Å²) >= 11 is 0. The molecule has 3 fully saturated rings. The second kappa shape index (κ2) is 8.73. The van der Waals surface area contributed by atoms with Crippen LogP contribution in [0.1, 0.15) is 32.9 Å². The van der Waals surface area contributed by atoms with E-state index in [0.29, 0.717) is 36.6 Å². The van der Waals surface area contributed by atoms with Crippen LogP contribution in [0.2, 0.25) is 0 Å². The van der Waals surface area contributed by atoms with Crippen molar-refractivity contribution in [2.24, 2.45) is 17.6 Å². The van der Waals surface area contributed by atoms with Gasteiger partial charge in [0, 0.05) is 63.7 Å². The Morgan fingerprint density at radius 2 is 1.75 bits per heavy atom. The monoisotopic (exact) mass is 444 g/mol. The van der Waals surface area contributed by atoms with Crippen LogP contribution in [0.4, 0.5) is 16.6 Å². The van der Waals surface area contributed by atoms with Crippen molar-refractivity contribution in [3.63, 3.8) is 0 Å². The first-order valence-corrected chi connectivity index (χ1v) is 11.5. The molecule has 1 aromatic rings. The van der Waals surface area contributed by atoms with Crippen LogP contribution in [-0.2, 0) is 4.74 Å². The zero-order valence-corrected chi connectivity index (χ0v) is 19.7. The van der Waals surface area contributed by atoms with Gasteiger partial charge in [-0.2, -0.15) is 4.98 Å². The van der Waals surface area contributed by atoms with E-state index in [1.54, 1.807) is 0 Å². The van der Waals surface area contributed by atoms with Crippen LogP contribution in [0.15, 0.2) is 6.07 Å². The van der Waals surface area contributed by atoms with Crippen molar-refractivity contribution in [1.82, 2.24) is 19.8 Å². The average molecular weight is 445 g/mol. The summed E-state index contributed by atoms with van der Waals surface area (Å²) in [5.74, 6) is 2.19. The maximum Gasteiger partial charge on any atom is 0.410 e. The van der Waals surface area contributed by atoms with Gasteiger partial charge in [0.25, 0.3) is 0 Å². The molecule has 32 heavy (non-hydrogen) atoms. The second-order valence-electron chi connectivity index (χ2n) is 10.3. The van der Waals surface area contributed by atoms with Gasteiger partial charge in [-0.1, -0.05) is 0 Å². The van der Waals surface area contributed by atoms with Crippen LogP contribution in [0.5, 0.6) is 0 Å². The number of amides is 1. The van der Waals surface area contributed by atoms with Crippen LogP contribution >= 0.6 is 0 Å². The molecule has 0 radical (unpaired) electrons. The summed E-state index contributed by atoms with van der Waals surface area (Å²) in [6.07, 6.45) is 0.821. The molecule has 4 heterocycles.